The molecule has 0 saturated carbocycles. The highest BCUT2D eigenvalue weighted by molar-refractivity contribution is 5.85. The minimum Gasteiger partial charge on any atom is -0.327 e. The van der Waals surface area contributed by atoms with Crippen molar-refractivity contribution in [1.82, 2.24) is 4.90 Å². The highest BCUT2D eigenvalue weighted by Crippen LogP contribution is 2.26. The number of nitrogens with zero attached hydrogens (tertiary/aromatic N) is 1. The van der Waals surface area contributed by atoms with E-state index in [-0.39, 0.29) is 24.8 Å². The van der Waals surface area contributed by atoms with Gasteiger partial charge in [0.15, 0.2) is 0 Å². The number of likely N-dealkylation sites (tertiary alicyclic amines) is 1. The van der Waals surface area contributed by atoms with Gasteiger partial charge >= 0.3 is 0 Å². The summed E-state index contributed by atoms with van der Waals surface area (Å²) in [5.74, 6) is 0.731. The Kier molecular flexibility index (Phi) is 7.00. The smallest absolute Gasteiger partial charge is 0.0139 e. The monoisotopic (exact) mass is 262 g/mol. The molecule has 4 heteroatoms. The molecule has 2 nitrogen and oxygen atoms in total. The summed E-state index contributed by atoms with van der Waals surface area (Å²) >= 11 is 0. The van der Waals surface area contributed by atoms with E-state index in [1.54, 1.807) is 0 Å². The fourth-order valence-electron chi connectivity index (χ4n) is 2.06. The molecule has 1 saturated heterocycles. The van der Waals surface area contributed by atoms with Gasteiger partial charge < -0.3 is 10.6 Å². The lowest BCUT2D eigenvalue weighted by Crippen LogP contribution is -2.49. The molecule has 0 spiro atoms. The predicted octanol–water partition coefficient (Wildman–Crippen LogP) is 2.28. The van der Waals surface area contributed by atoms with Crippen molar-refractivity contribution in [1.29, 1.82) is 0 Å². The van der Waals surface area contributed by atoms with E-state index in [2.05, 4.69) is 42.2 Å². The largest absolute Gasteiger partial charge is 0.327 e. The van der Waals surface area contributed by atoms with Crippen LogP contribution in [0.5, 0.6) is 0 Å². The third-order valence-electron chi connectivity index (χ3n) is 2.77. The molecule has 16 heavy (non-hydrogen) atoms. The van der Waals surface area contributed by atoms with Crippen LogP contribution in [0.15, 0.2) is 30.3 Å². The average molecular weight is 263 g/mol. The van der Waals surface area contributed by atoms with Crippen LogP contribution in [0.2, 0.25) is 0 Å². The Bertz CT molecular complexity index is 284. The van der Waals surface area contributed by atoms with Crippen LogP contribution in [0, 0.1) is 0 Å². The summed E-state index contributed by atoms with van der Waals surface area (Å²) in [6.45, 7) is 5.44. The Labute approximate surface area is 110 Å². The molecule has 2 rings (SSSR count). The van der Waals surface area contributed by atoms with Gasteiger partial charge in [0.05, 0.1) is 0 Å². The molecule has 1 fully saturated rings. The number of hydrogen-bond donors (Lipinski definition) is 1. The molecule has 0 bridgehead atoms. The van der Waals surface area contributed by atoms with Gasteiger partial charge in [-0.2, -0.15) is 0 Å². The van der Waals surface area contributed by atoms with Crippen molar-refractivity contribution < 1.29 is 0 Å². The number of halogens is 2. The van der Waals surface area contributed by atoms with Crippen molar-refractivity contribution in [3.8, 4) is 0 Å². The maximum Gasteiger partial charge on any atom is 0.0139 e. The number of rotatable bonds is 3. The Morgan fingerprint density at radius 1 is 1.25 bits per heavy atom. The molecule has 1 aliphatic heterocycles. The van der Waals surface area contributed by atoms with Crippen LogP contribution in [-0.4, -0.2) is 30.6 Å². The molecule has 0 aromatic heterocycles. The number of nitrogens with two attached hydrogens (primary N) is 1. The first kappa shape index (κ1) is 15.7. The summed E-state index contributed by atoms with van der Waals surface area (Å²) < 4.78 is 0. The molecule has 1 unspecified atom stereocenters. The topological polar surface area (TPSA) is 29.3 Å². The minimum atomic E-state index is 0. The molecule has 92 valence electrons. The minimum absolute atomic E-state index is 0. The molecule has 1 aromatic carbocycles. The third kappa shape index (κ3) is 3.95. The van der Waals surface area contributed by atoms with Crippen LogP contribution in [0.25, 0.3) is 0 Å². The van der Waals surface area contributed by atoms with Gasteiger partial charge in [-0.3, -0.25) is 0 Å². The zero-order valence-electron chi connectivity index (χ0n) is 9.50. The normalized spacial score (nSPS) is 17.9. The first-order valence-corrected chi connectivity index (χ1v) is 5.28. The molecule has 0 aliphatic carbocycles. The maximum absolute atomic E-state index is 5.75. The molecule has 1 heterocycles. The van der Waals surface area contributed by atoms with Crippen molar-refractivity contribution in [2.75, 3.05) is 19.6 Å². The van der Waals surface area contributed by atoms with Crippen LogP contribution in [0.4, 0.5) is 0 Å². The van der Waals surface area contributed by atoms with Gasteiger partial charge in [0.2, 0.25) is 0 Å². The maximum atomic E-state index is 5.75. The Hall–Kier alpha value is -0.280. The average Bonchev–Trinajstić information content (AvgIpc) is 2.12. The fraction of sp³-hybridized carbons (Fsp3) is 0.500. The lowest BCUT2D eigenvalue weighted by atomic mass is 9.91. The molecule has 1 atom stereocenters. The van der Waals surface area contributed by atoms with Crippen molar-refractivity contribution in [2.45, 2.75) is 18.9 Å². The third-order valence-corrected chi connectivity index (χ3v) is 2.77. The van der Waals surface area contributed by atoms with Crippen molar-refractivity contribution in [3.05, 3.63) is 35.9 Å². The summed E-state index contributed by atoms with van der Waals surface area (Å²) in [6.07, 6.45) is 0. The first-order chi connectivity index (χ1) is 6.75. The molecule has 2 N–H and O–H groups in total. The van der Waals surface area contributed by atoms with Gasteiger partial charge in [-0.05, 0) is 12.5 Å². The fourth-order valence-corrected chi connectivity index (χ4v) is 2.06. The van der Waals surface area contributed by atoms with Gasteiger partial charge in [0.25, 0.3) is 0 Å². The summed E-state index contributed by atoms with van der Waals surface area (Å²) in [6, 6.07) is 11.0. The van der Waals surface area contributed by atoms with Gasteiger partial charge in [-0.15, -0.1) is 24.8 Å². The molecule has 0 amide bonds. The Morgan fingerprint density at radius 2 is 1.81 bits per heavy atom. The van der Waals surface area contributed by atoms with Crippen LogP contribution < -0.4 is 5.73 Å². The van der Waals surface area contributed by atoms with Gasteiger partial charge in [0.1, 0.15) is 0 Å². The zero-order chi connectivity index (χ0) is 9.97. The molecular weight excluding hydrogens is 243 g/mol. The van der Waals surface area contributed by atoms with E-state index in [0.29, 0.717) is 6.04 Å². The lowest BCUT2D eigenvalue weighted by Gasteiger charge is -2.40. The second-order valence-corrected chi connectivity index (χ2v) is 4.30. The van der Waals surface area contributed by atoms with Crippen LogP contribution in [0.3, 0.4) is 0 Å². The van der Waals surface area contributed by atoms with E-state index in [9.17, 15) is 0 Å². The first-order valence-electron chi connectivity index (χ1n) is 5.28. The Morgan fingerprint density at radius 3 is 2.31 bits per heavy atom. The van der Waals surface area contributed by atoms with E-state index in [0.717, 1.165) is 12.5 Å². The molecular formula is C12H20Cl2N2. The standard InChI is InChI=1S/C12H18N2.2ClH/c1-10(13)7-14-8-12(9-14)11-5-3-2-4-6-11;;/h2-6,10,12H,7-9,13H2,1H3;2*1H. The zero-order valence-corrected chi connectivity index (χ0v) is 11.1. The Balaban J connectivity index is 0.00000112. The second kappa shape index (κ2) is 7.13. The van der Waals surface area contributed by atoms with E-state index in [1.807, 2.05) is 0 Å². The quantitative estimate of drug-likeness (QED) is 0.906. The second-order valence-electron chi connectivity index (χ2n) is 4.30. The van der Waals surface area contributed by atoms with Crippen molar-refractivity contribution >= 4 is 24.8 Å². The molecule has 1 aliphatic rings. The van der Waals surface area contributed by atoms with E-state index in [4.69, 9.17) is 5.73 Å². The van der Waals surface area contributed by atoms with Crippen molar-refractivity contribution in [3.63, 3.8) is 0 Å². The van der Waals surface area contributed by atoms with E-state index >= 15 is 0 Å². The number of benzene rings is 1. The summed E-state index contributed by atoms with van der Waals surface area (Å²) in [7, 11) is 0. The summed E-state index contributed by atoms with van der Waals surface area (Å²) in [5.41, 5.74) is 7.21. The van der Waals surface area contributed by atoms with Crippen molar-refractivity contribution in [2.24, 2.45) is 5.73 Å². The van der Waals surface area contributed by atoms with E-state index in [1.165, 1.54) is 18.7 Å². The van der Waals surface area contributed by atoms with Crippen LogP contribution in [0.1, 0.15) is 18.4 Å². The predicted molar refractivity (Wildman–Crippen MR) is 73.8 cm³/mol. The van der Waals surface area contributed by atoms with Gasteiger partial charge in [-0.1, -0.05) is 30.3 Å². The summed E-state index contributed by atoms with van der Waals surface area (Å²) in [5, 5.41) is 0. The molecule has 1 aromatic rings. The lowest BCUT2D eigenvalue weighted by molar-refractivity contribution is 0.141. The SMILES string of the molecule is CC(N)CN1CC(c2ccccc2)C1.Cl.Cl. The summed E-state index contributed by atoms with van der Waals surface area (Å²) in [4.78, 5) is 2.42. The molecule has 0 radical (unpaired) electrons. The van der Waals surface area contributed by atoms with Gasteiger partial charge in [0, 0.05) is 31.6 Å². The van der Waals surface area contributed by atoms with E-state index < -0.39 is 0 Å². The van der Waals surface area contributed by atoms with Crippen LogP contribution in [-0.2, 0) is 0 Å². The van der Waals surface area contributed by atoms with Crippen LogP contribution >= 0.6 is 24.8 Å². The highest BCUT2D eigenvalue weighted by Gasteiger charge is 2.27. The van der Waals surface area contributed by atoms with Gasteiger partial charge in [-0.25, -0.2) is 0 Å². The highest BCUT2D eigenvalue weighted by atomic mass is 35.5. The number of hydrogen-bond acceptors (Lipinski definition) is 2.